The van der Waals surface area contributed by atoms with Gasteiger partial charge in [0.1, 0.15) is 0 Å². The first-order chi connectivity index (χ1) is 9.17. The lowest BCUT2D eigenvalue weighted by Gasteiger charge is -2.19. The number of likely N-dealkylation sites (N-methyl/N-ethyl adjacent to an activating group) is 1. The molecule has 3 nitrogen and oxygen atoms in total. The number of benzene rings is 1. The quantitative estimate of drug-likeness (QED) is 0.908. The predicted octanol–water partition coefficient (Wildman–Crippen LogP) is 3.37. The first kappa shape index (κ1) is 14.1. The summed E-state index contributed by atoms with van der Waals surface area (Å²) in [6.45, 7) is 5.04. The Morgan fingerprint density at radius 2 is 2.11 bits per heavy atom. The standard InChI is InChI=1S/C15H20ClN3/c1-4-19-15(13(16)10-18-19)14(17-3)9-12-8-6-5-7-11(12)2/h5-8,10,14,17H,4,9H2,1-3H3. The van der Waals surface area contributed by atoms with E-state index >= 15 is 0 Å². The lowest BCUT2D eigenvalue weighted by molar-refractivity contribution is 0.513. The van der Waals surface area contributed by atoms with Crippen molar-refractivity contribution < 1.29 is 0 Å². The second kappa shape index (κ2) is 6.22. The Kier molecular flexibility index (Phi) is 4.61. The molecule has 1 aromatic heterocycles. The topological polar surface area (TPSA) is 29.9 Å². The summed E-state index contributed by atoms with van der Waals surface area (Å²) >= 11 is 6.28. The maximum Gasteiger partial charge on any atom is 0.0834 e. The van der Waals surface area contributed by atoms with Gasteiger partial charge in [0, 0.05) is 6.54 Å². The molecule has 2 rings (SSSR count). The molecular weight excluding hydrogens is 258 g/mol. The Balaban J connectivity index is 2.30. The Bertz CT molecular complexity index is 548. The Labute approximate surface area is 119 Å². The van der Waals surface area contributed by atoms with Gasteiger partial charge in [-0.25, -0.2) is 0 Å². The highest BCUT2D eigenvalue weighted by Crippen LogP contribution is 2.26. The third-order valence-electron chi connectivity index (χ3n) is 3.50. The predicted molar refractivity (Wildman–Crippen MR) is 79.6 cm³/mol. The zero-order valence-electron chi connectivity index (χ0n) is 11.7. The highest BCUT2D eigenvalue weighted by atomic mass is 35.5. The SMILES string of the molecule is CCn1ncc(Cl)c1C(Cc1ccccc1C)NC. The number of nitrogens with zero attached hydrogens (tertiary/aromatic N) is 2. The molecule has 0 aliphatic heterocycles. The summed E-state index contributed by atoms with van der Waals surface area (Å²) in [5.41, 5.74) is 3.71. The Morgan fingerprint density at radius 3 is 2.74 bits per heavy atom. The summed E-state index contributed by atoms with van der Waals surface area (Å²) in [6, 6.07) is 8.63. The van der Waals surface area contributed by atoms with Crippen molar-refractivity contribution in [2.24, 2.45) is 0 Å². The maximum atomic E-state index is 6.28. The van der Waals surface area contributed by atoms with Gasteiger partial charge in [0.05, 0.1) is 23.0 Å². The molecule has 1 aromatic carbocycles. The number of hydrogen-bond donors (Lipinski definition) is 1. The summed E-state index contributed by atoms with van der Waals surface area (Å²) < 4.78 is 1.96. The molecule has 1 atom stereocenters. The molecule has 1 unspecified atom stereocenters. The number of hydrogen-bond acceptors (Lipinski definition) is 2. The van der Waals surface area contributed by atoms with Crippen LogP contribution in [0, 0.1) is 6.92 Å². The maximum absolute atomic E-state index is 6.28. The number of aromatic nitrogens is 2. The van der Waals surface area contributed by atoms with Crippen LogP contribution in [0.2, 0.25) is 5.02 Å². The summed E-state index contributed by atoms with van der Waals surface area (Å²) in [4.78, 5) is 0. The average molecular weight is 278 g/mol. The fourth-order valence-corrected chi connectivity index (χ4v) is 2.64. The number of rotatable bonds is 5. The van der Waals surface area contributed by atoms with E-state index < -0.39 is 0 Å². The molecule has 1 heterocycles. The van der Waals surface area contributed by atoms with Gasteiger partial charge in [0.15, 0.2) is 0 Å². The van der Waals surface area contributed by atoms with Crippen molar-refractivity contribution in [2.75, 3.05) is 7.05 Å². The lowest BCUT2D eigenvalue weighted by Crippen LogP contribution is -2.23. The van der Waals surface area contributed by atoms with Crippen LogP contribution in [-0.2, 0) is 13.0 Å². The first-order valence-corrected chi connectivity index (χ1v) is 6.98. The molecule has 0 aliphatic rings. The highest BCUT2D eigenvalue weighted by Gasteiger charge is 2.19. The molecule has 0 spiro atoms. The summed E-state index contributed by atoms with van der Waals surface area (Å²) in [7, 11) is 1.96. The molecule has 0 fully saturated rings. The summed E-state index contributed by atoms with van der Waals surface area (Å²) in [5.74, 6) is 0. The van der Waals surface area contributed by atoms with E-state index in [0.717, 1.165) is 23.7 Å². The molecule has 4 heteroatoms. The molecule has 0 saturated heterocycles. The smallest absolute Gasteiger partial charge is 0.0834 e. The van der Waals surface area contributed by atoms with Crippen molar-refractivity contribution in [3.05, 3.63) is 52.3 Å². The van der Waals surface area contributed by atoms with Crippen LogP contribution in [0.25, 0.3) is 0 Å². The number of nitrogens with one attached hydrogen (secondary N) is 1. The van der Waals surface area contributed by atoms with Gasteiger partial charge in [-0.05, 0) is 38.4 Å². The third kappa shape index (κ3) is 2.99. The van der Waals surface area contributed by atoms with Gasteiger partial charge in [0.2, 0.25) is 0 Å². The van der Waals surface area contributed by atoms with Crippen molar-refractivity contribution in [2.45, 2.75) is 32.9 Å². The van der Waals surface area contributed by atoms with Crippen LogP contribution >= 0.6 is 11.6 Å². The molecule has 102 valence electrons. The van der Waals surface area contributed by atoms with Gasteiger partial charge >= 0.3 is 0 Å². The third-order valence-corrected chi connectivity index (χ3v) is 3.79. The van der Waals surface area contributed by atoms with Gasteiger partial charge in [-0.3, -0.25) is 4.68 Å². The molecule has 0 aliphatic carbocycles. The van der Waals surface area contributed by atoms with Crippen LogP contribution in [-0.4, -0.2) is 16.8 Å². The molecule has 2 aromatic rings. The molecule has 1 N–H and O–H groups in total. The van der Waals surface area contributed by atoms with Crippen molar-refractivity contribution >= 4 is 11.6 Å². The average Bonchev–Trinajstić information content (AvgIpc) is 2.79. The van der Waals surface area contributed by atoms with E-state index in [1.54, 1.807) is 6.20 Å². The van der Waals surface area contributed by atoms with Crippen LogP contribution in [0.15, 0.2) is 30.5 Å². The normalized spacial score (nSPS) is 12.6. The molecule has 0 bridgehead atoms. The van der Waals surface area contributed by atoms with Gasteiger partial charge in [-0.15, -0.1) is 0 Å². The highest BCUT2D eigenvalue weighted by molar-refractivity contribution is 6.31. The van der Waals surface area contributed by atoms with Gasteiger partial charge in [0.25, 0.3) is 0 Å². The minimum Gasteiger partial charge on any atom is -0.311 e. The molecule has 19 heavy (non-hydrogen) atoms. The van der Waals surface area contributed by atoms with Crippen LogP contribution in [0.4, 0.5) is 0 Å². The van der Waals surface area contributed by atoms with Crippen molar-refractivity contribution in [1.82, 2.24) is 15.1 Å². The van der Waals surface area contributed by atoms with Crippen molar-refractivity contribution in [3.63, 3.8) is 0 Å². The van der Waals surface area contributed by atoms with E-state index in [1.807, 2.05) is 11.7 Å². The minimum atomic E-state index is 0.177. The largest absolute Gasteiger partial charge is 0.311 e. The molecular formula is C15H20ClN3. The molecule has 0 saturated carbocycles. The number of halogens is 1. The van der Waals surface area contributed by atoms with Gasteiger partial charge < -0.3 is 5.32 Å². The second-order valence-corrected chi connectivity index (χ2v) is 5.07. The van der Waals surface area contributed by atoms with Gasteiger partial charge in [-0.2, -0.15) is 5.10 Å². The van der Waals surface area contributed by atoms with Crippen LogP contribution in [0.5, 0.6) is 0 Å². The van der Waals surface area contributed by atoms with Crippen LogP contribution < -0.4 is 5.32 Å². The fraction of sp³-hybridized carbons (Fsp3) is 0.400. The van der Waals surface area contributed by atoms with Crippen molar-refractivity contribution in [1.29, 1.82) is 0 Å². The van der Waals surface area contributed by atoms with E-state index in [2.05, 4.69) is 48.5 Å². The molecule has 0 amide bonds. The van der Waals surface area contributed by atoms with E-state index in [9.17, 15) is 0 Å². The first-order valence-electron chi connectivity index (χ1n) is 6.60. The monoisotopic (exact) mass is 277 g/mol. The minimum absolute atomic E-state index is 0.177. The van der Waals surface area contributed by atoms with E-state index in [0.29, 0.717) is 0 Å². The van der Waals surface area contributed by atoms with Crippen LogP contribution in [0.3, 0.4) is 0 Å². The summed E-state index contributed by atoms with van der Waals surface area (Å²) in [6.07, 6.45) is 2.64. The second-order valence-electron chi connectivity index (χ2n) is 4.67. The van der Waals surface area contributed by atoms with Crippen LogP contribution in [0.1, 0.15) is 29.8 Å². The summed E-state index contributed by atoms with van der Waals surface area (Å²) in [5, 5.41) is 8.39. The van der Waals surface area contributed by atoms with E-state index in [-0.39, 0.29) is 6.04 Å². The zero-order chi connectivity index (χ0) is 13.8. The Hall–Kier alpha value is -1.32. The lowest BCUT2D eigenvalue weighted by atomic mass is 9.99. The number of aryl methyl sites for hydroxylation is 2. The fourth-order valence-electron chi connectivity index (χ4n) is 2.36. The van der Waals surface area contributed by atoms with E-state index in [4.69, 9.17) is 11.6 Å². The molecule has 0 radical (unpaired) electrons. The zero-order valence-corrected chi connectivity index (χ0v) is 12.4. The Morgan fingerprint density at radius 1 is 1.37 bits per heavy atom. The van der Waals surface area contributed by atoms with Crippen molar-refractivity contribution in [3.8, 4) is 0 Å². The van der Waals surface area contributed by atoms with E-state index in [1.165, 1.54) is 11.1 Å². The van der Waals surface area contributed by atoms with Gasteiger partial charge in [-0.1, -0.05) is 35.9 Å².